The van der Waals surface area contributed by atoms with Crippen LogP contribution in [-0.2, 0) is 10.1 Å². The average Bonchev–Trinajstić information content (AvgIpc) is 2.30. The SMILES string of the molecule is Nc1ccccc1.O=S(=O)(O)c1ccc(O)cc1. The average molecular weight is 267 g/mol. The number of hydrogen-bond acceptors (Lipinski definition) is 4. The van der Waals surface area contributed by atoms with Gasteiger partial charge in [-0.05, 0) is 36.4 Å². The van der Waals surface area contributed by atoms with Gasteiger partial charge in [-0.25, -0.2) is 0 Å². The van der Waals surface area contributed by atoms with Gasteiger partial charge in [0.25, 0.3) is 10.1 Å². The summed E-state index contributed by atoms with van der Waals surface area (Å²) < 4.78 is 29.3. The van der Waals surface area contributed by atoms with Crippen molar-refractivity contribution in [2.45, 2.75) is 4.90 Å². The maximum absolute atomic E-state index is 10.4. The van der Waals surface area contributed by atoms with Crippen molar-refractivity contribution in [2.24, 2.45) is 0 Å². The van der Waals surface area contributed by atoms with Crippen LogP contribution in [0.2, 0.25) is 0 Å². The Balaban J connectivity index is 0.000000199. The number of para-hydroxylation sites is 1. The first kappa shape index (κ1) is 14.0. The summed E-state index contributed by atoms with van der Waals surface area (Å²) in [6.07, 6.45) is 0. The second-order valence-corrected chi connectivity index (χ2v) is 4.80. The van der Waals surface area contributed by atoms with Crippen molar-refractivity contribution in [3.63, 3.8) is 0 Å². The molecule has 0 fully saturated rings. The highest BCUT2D eigenvalue weighted by atomic mass is 32.2. The van der Waals surface area contributed by atoms with E-state index >= 15 is 0 Å². The van der Waals surface area contributed by atoms with Crippen molar-refractivity contribution in [3.05, 3.63) is 54.6 Å². The minimum atomic E-state index is -4.13. The largest absolute Gasteiger partial charge is 0.508 e. The normalized spacial score (nSPS) is 10.3. The lowest BCUT2D eigenvalue weighted by atomic mass is 10.3. The quantitative estimate of drug-likeness (QED) is 0.541. The topological polar surface area (TPSA) is 101 Å². The number of nitrogens with two attached hydrogens (primary N) is 1. The molecule has 0 heterocycles. The van der Waals surface area contributed by atoms with Crippen LogP contribution in [0.4, 0.5) is 5.69 Å². The molecule has 0 aliphatic carbocycles. The molecule has 0 bridgehead atoms. The van der Waals surface area contributed by atoms with Crippen LogP contribution in [-0.4, -0.2) is 18.1 Å². The summed E-state index contributed by atoms with van der Waals surface area (Å²) in [4.78, 5) is -0.227. The number of rotatable bonds is 1. The molecule has 0 amide bonds. The third-order valence-electron chi connectivity index (χ3n) is 1.93. The molecule has 5 nitrogen and oxygen atoms in total. The first-order valence-electron chi connectivity index (χ1n) is 4.96. The lowest BCUT2D eigenvalue weighted by molar-refractivity contribution is 0.472. The van der Waals surface area contributed by atoms with Crippen molar-refractivity contribution in [1.29, 1.82) is 0 Å². The Bertz CT molecular complexity index is 579. The van der Waals surface area contributed by atoms with Gasteiger partial charge in [-0.2, -0.15) is 8.42 Å². The highest BCUT2D eigenvalue weighted by Gasteiger charge is 2.07. The van der Waals surface area contributed by atoms with Crippen LogP contribution in [0.25, 0.3) is 0 Å². The molecule has 18 heavy (non-hydrogen) atoms. The van der Waals surface area contributed by atoms with Gasteiger partial charge in [0.1, 0.15) is 5.75 Å². The highest BCUT2D eigenvalue weighted by molar-refractivity contribution is 7.85. The minimum absolute atomic E-state index is 0.0441. The second-order valence-electron chi connectivity index (χ2n) is 3.38. The summed E-state index contributed by atoms with van der Waals surface area (Å²) in [7, 11) is -4.13. The molecular formula is C12H13NO4S. The van der Waals surface area contributed by atoms with Crippen molar-refractivity contribution < 1.29 is 18.1 Å². The zero-order chi connectivity index (χ0) is 13.6. The van der Waals surface area contributed by atoms with Gasteiger partial charge in [0.15, 0.2) is 0 Å². The summed E-state index contributed by atoms with van der Waals surface area (Å²) in [5, 5.41) is 8.75. The van der Waals surface area contributed by atoms with E-state index in [-0.39, 0.29) is 10.6 Å². The van der Waals surface area contributed by atoms with Crippen LogP contribution >= 0.6 is 0 Å². The van der Waals surface area contributed by atoms with Gasteiger partial charge in [-0.15, -0.1) is 0 Å². The fourth-order valence-electron chi connectivity index (χ4n) is 1.07. The monoisotopic (exact) mass is 267 g/mol. The standard InChI is InChI=1S/C6H7N.C6H6O4S/c7-6-4-2-1-3-5-6;7-5-1-3-6(4-2-5)11(8,9)10/h1-5H,7H2;1-4,7H,(H,8,9,10). The molecule has 0 atom stereocenters. The van der Waals surface area contributed by atoms with Crippen molar-refractivity contribution in [2.75, 3.05) is 5.73 Å². The van der Waals surface area contributed by atoms with Crippen molar-refractivity contribution in [1.82, 2.24) is 0 Å². The number of aromatic hydroxyl groups is 1. The molecule has 0 saturated heterocycles. The van der Waals surface area contributed by atoms with E-state index in [1.807, 2.05) is 30.3 Å². The lowest BCUT2D eigenvalue weighted by Gasteiger charge is -1.94. The lowest BCUT2D eigenvalue weighted by Crippen LogP contribution is -1.96. The molecular weight excluding hydrogens is 254 g/mol. The number of phenolic OH excluding ortho intramolecular Hbond substituents is 1. The third kappa shape index (κ3) is 4.86. The predicted molar refractivity (Wildman–Crippen MR) is 68.8 cm³/mol. The maximum Gasteiger partial charge on any atom is 0.294 e. The number of anilines is 1. The van der Waals surface area contributed by atoms with Crippen LogP contribution in [0.1, 0.15) is 0 Å². The van der Waals surface area contributed by atoms with E-state index in [0.29, 0.717) is 0 Å². The molecule has 6 heteroatoms. The van der Waals surface area contributed by atoms with Crippen LogP contribution < -0.4 is 5.73 Å². The van der Waals surface area contributed by atoms with E-state index < -0.39 is 10.1 Å². The Morgan fingerprint density at radius 2 is 1.39 bits per heavy atom. The predicted octanol–water partition coefficient (Wildman–Crippen LogP) is 1.91. The molecule has 96 valence electrons. The summed E-state index contributed by atoms with van der Waals surface area (Å²) in [5.41, 5.74) is 6.18. The smallest absolute Gasteiger partial charge is 0.294 e. The molecule has 4 N–H and O–H groups in total. The van der Waals surface area contributed by atoms with Gasteiger partial charge in [0, 0.05) is 5.69 Å². The van der Waals surface area contributed by atoms with Gasteiger partial charge in [-0.3, -0.25) is 4.55 Å². The van der Waals surface area contributed by atoms with Gasteiger partial charge < -0.3 is 10.8 Å². The van der Waals surface area contributed by atoms with Crippen LogP contribution in [0, 0.1) is 0 Å². The summed E-state index contributed by atoms with van der Waals surface area (Å²) in [5.74, 6) is -0.0441. The Morgan fingerprint density at radius 1 is 0.889 bits per heavy atom. The molecule has 0 aliphatic rings. The number of benzene rings is 2. The van der Waals surface area contributed by atoms with E-state index in [2.05, 4.69) is 0 Å². The third-order valence-corrected chi connectivity index (χ3v) is 2.80. The van der Waals surface area contributed by atoms with Gasteiger partial charge in [0.05, 0.1) is 4.90 Å². The summed E-state index contributed by atoms with van der Waals surface area (Å²) in [6.45, 7) is 0. The van der Waals surface area contributed by atoms with Gasteiger partial charge >= 0.3 is 0 Å². The second kappa shape index (κ2) is 6.04. The number of hydrogen-bond donors (Lipinski definition) is 3. The van der Waals surface area contributed by atoms with E-state index in [1.54, 1.807) is 0 Å². The van der Waals surface area contributed by atoms with E-state index in [9.17, 15) is 8.42 Å². The van der Waals surface area contributed by atoms with E-state index in [0.717, 1.165) is 17.8 Å². The van der Waals surface area contributed by atoms with Gasteiger partial charge in [-0.1, -0.05) is 18.2 Å². The summed E-state index contributed by atoms with van der Waals surface area (Å²) in [6, 6.07) is 14.1. The molecule has 2 rings (SSSR count). The molecule has 2 aromatic carbocycles. The molecule has 0 radical (unpaired) electrons. The Labute approximate surface area is 105 Å². The van der Waals surface area contributed by atoms with E-state index in [4.69, 9.17) is 15.4 Å². The highest BCUT2D eigenvalue weighted by Crippen LogP contribution is 2.13. The van der Waals surface area contributed by atoms with Crippen LogP contribution in [0.5, 0.6) is 5.75 Å². The minimum Gasteiger partial charge on any atom is -0.508 e. The zero-order valence-corrected chi connectivity index (χ0v) is 10.2. The molecule has 0 aromatic heterocycles. The fraction of sp³-hybridized carbons (Fsp3) is 0. The molecule has 0 spiro atoms. The molecule has 0 unspecified atom stereocenters. The van der Waals surface area contributed by atoms with Crippen LogP contribution in [0.15, 0.2) is 59.5 Å². The Kier molecular flexibility index (Phi) is 4.70. The first-order valence-corrected chi connectivity index (χ1v) is 6.40. The molecule has 2 aromatic rings. The Hall–Kier alpha value is -2.05. The first-order chi connectivity index (χ1) is 8.39. The number of nitrogen functional groups attached to an aromatic ring is 1. The molecule has 0 saturated carbocycles. The molecule has 0 aliphatic heterocycles. The van der Waals surface area contributed by atoms with Crippen molar-refractivity contribution >= 4 is 15.8 Å². The van der Waals surface area contributed by atoms with E-state index in [1.165, 1.54) is 12.1 Å². The maximum atomic E-state index is 10.4. The van der Waals surface area contributed by atoms with Crippen LogP contribution in [0.3, 0.4) is 0 Å². The zero-order valence-electron chi connectivity index (χ0n) is 9.39. The van der Waals surface area contributed by atoms with Gasteiger partial charge in [0.2, 0.25) is 0 Å². The summed E-state index contributed by atoms with van der Waals surface area (Å²) >= 11 is 0. The van der Waals surface area contributed by atoms with Crippen molar-refractivity contribution in [3.8, 4) is 5.75 Å². The number of phenols is 1. The Morgan fingerprint density at radius 3 is 1.72 bits per heavy atom. The fourth-order valence-corrected chi connectivity index (χ4v) is 1.55.